The van der Waals surface area contributed by atoms with Crippen LogP contribution >= 0.6 is 11.6 Å². The predicted molar refractivity (Wildman–Crippen MR) is 149 cm³/mol. The quantitative estimate of drug-likeness (QED) is 0.379. The minimum Gasteiger partial charge on any atom is -0.481 e. The number of hydrogen-bond donors (Lipinski definition) is 3. The van der Waals surface area contributed by atoms with Crippen LogP contribution in [0.2, 0.25) is 5.02 Å². The number of aromatic nitrogens is 1. The van der Waals surface area contributed by atoms with Crippen LogP contribution in [0.5, 0.6) is 17.4 Å². The van der Waals surface area contributed by atoms with Gasteiger partial charge in [0.1, 0.15) is 11.5 Å². The summed E-state index contributed by atoms with van der Waals surface area (Å²) in [6, 6.07) is 16.7. The van der Waals surface area contributed by atoms with Crippen molar-refractivity contribution in [1.82, 2.24) is 9.88 Å². The van der Waals surface area contributed by atoms with Crippen molar-refractivity contribution < 1.29 is 29.6 Å². The molecule has 1 fully saturated rings. The average Bonchev–Trinajstić information content (AvgIpc) is 3.11. The summed E-state index contributed by atoms with van der Waals surface area (Å²) < 4.78 is 11.7. The average molecular weight is 553 g/mol. The molecule has 2 aromatic carbocycles. The van der Waals surface area contributed by atoms with Gasteiger partial charge in [0.25, 0.3) is 0 Å². The van der Waals surface area contributed by atoms with Crippen LogP contribution in [-0.2, 0) is 16.8 Å². The molecule has 5 rings (SSSR count). The number of ether oxygens (including phenoxy) is 2. The molecule has 9 heteroatoms. The van der Waals surface area contributed by atoms with Crippen molar-refractivity contribution in [1.29, 1.82) is 0 Å². The largest absolute Gasteiger partial charge is 0.481 e. The molecule has 3 aromatic rings. The van der Waals surface area contributed by atoms with E-state index >= 15 is 0 Å². The lowest BCUT2D eigenvalue weighted by atomic mass is 9.84. The standard InChI is InChI=1S/C29H29ClN2O5.CH4O/c30-22-10-8-21(9-11-22)29(35)12-16-32(17-13-29)15-3-4-20-18-24-25(36-19-27(33)34)6-1-7-26(24)37-28-23(20)5-2-14-31-28;1-2/h1-2,4-11,14,35H,3,12-13,15-19H2,(H,33,34);2H,1H3. The fraction of sp³-hybridized carbons (Fsp3) is 0.333. The molecule has 1 aromatic heterocycles. The zero-order chi connectivity index (χ0) is 27.8. The van der Waals surface area contributed by atoms with Crippen LogP contribution in [0.3, 0.4) is 0 Å². The molecule has 2 aliphatic heterocycles. The van der Waals surface area contributed by atoms with Gasteiger partial charge >= 0.3 is 5.97 Å². The molecular formula is C30H33ClN2O6. The first-order valence-corrected chi connectivity index (χ1v) is 13.2. The summed E-state index contributed by atoms with van der Waals surface area (Å²) in [7, 11) is 1.00. The van der Waals surface area contributed by atoms with Crippen molar-refractivity contribution in [2.75, 3.05) is 33.4 Å². The van der Waals surface area contributed by atoms with Crippen LogP contribution in [0, 0.1) is 0 Å². The van der Waals surface area contributed by atoms with E-state index in [0.717, 1.165) is 55.4 Å². The lowest BCUT2D eigenvalue weighted by Crippen LogP contribution is -2.42. The number of allylic oxidation sites excluding steroid dienone is 1. The van der Waals surface area contributed by atoms with Crippen LogP contribution in [0.1, 0.15) is 36.0 Å². The van der Waals surface area contributed by atoms with Gasteiger partial charge in [-0.2, -0.15) is 0 Å². The van der Waals surface area contributed by atoms with Crippen molar-refractivity contribution in [2.24, 2.45) is 0 Å². The molecule has 1 saturated heterocycles. The van der Waals surface area contributed by atoms with Gasteiger partial charge in [-0.05, 0) is 66.8 Å². The molecule has 0 radical (unpaired) electrons. The number of hydrogen-bond acceptors (Lipinski definition) is 7. The van der Waals surface area contributed by atoms with E-state index in [0.29, 0.717) is 41.7 Å². The second kappa shape index (κ2) is 13.1. The molecule has 0 bridgehead atoms. The molecule has 0 saturated carbocycles. The van der Waals surface area contributed by atoms with Gasteiger partial charge < -0.3 is 29.7 Å². The number of aliphatic carboxylic acids is 1. The normalized spacial score (nSPS) is 17.1. The number of carboxylic acid groups (broad SMARTS) is 1. The molecule has 0 amide bonds. The summed E-state index contributed by atoms with van der Waals surface area (Å²) in [6.45, 7) is 2.05. The summed E-state index contributed by atoms with van der Waals surface area (Å²) in [4.78, 5) is 17.9. The van der Waals surface area contributed by atoms with Gasteiger partial charge in [-0.15, -0.1) is 0 Å². The van der Waals surface area contributed by atoms with Gasteiger partial charge in [0.15, 0.2) is 6.61 Å². The third kappa shape index (κ3) is 6.96. The van der Waals surface area contributed by atoms with Crippen molar-refractivity contribution in [3.63, 3.8) is 0 Å². The highest BCUT2D eigenvalue weighted by Gasteiger charge is 2.33. The van der Waals surface area contributed by atoms with Gasteiger partial charge in [0.2, 0.25) is 5.88 Å². The first-order valence-electron chi connectivity index (χ1n) is 12.9. The number of nitrogens with zero attached hydrogens (tertiary/aromatic N) is 2. The Labute approximate surface area is 233 Å². The molecule has 0 unspecified atom stereocenters. The van der Waals surface area contributed by atoms with Crippen molar-refractivity contribution in [2.45, 2.75) is 31.3 Å². The number of aliphatic hydroxyl groups is 2. The van der Waals surface area contributed by atoms with Crippen LogP contribution in [0.4, 0.5) is 0 Å². The molecule has 0 aliphatic carbocycles. The smallest absolute Gasteiger partial charge is 0.341 e. The molecule has 0 spiro atoms. The highest BCUT2D eigenvalue weighted by molar-refractivity contribution is 6.30. The van der Waals surface area contributed by atoms with E-state index in [4.69, 9.17) is 31.3 Å². The number of benzene rings is 2. The summed E-state index contributed by atoms with van der Waals surface area (Å²) in [5, 5.41) is 27.9. The summed E-state index contributed by atoms with van der Waals surface area (Å²) >= 11 is 6.01. The fourth-order valence-electron chi connectivity index (χ4n) is 5.00. The minimum absolute atomic E-state index is 0.419. The van der Waals surface area contributed by atoms with Crippen LogP contribution < -0.4 is 9.47 Å². The molecule has 0 atom stereocenters. The van der Waals surface area contributed by atoms with E-state index in [2.05, 4.69) is 16.0 Å². The minimum atomic E-state index is -1.03. The van der Waals surface area contributed by atoms with Crippen LogP contribution in [0.15, 0.2) is 66.9 Å². The fourth-order valence-corrected chi connectivity index (χ4v) is 5.12. The Morgan fingerprint density at radius 2 is 1.87 bits per heavy atom. The summed E-state index contributed by atoms with van der Waals surface area (Å²) in [6.07, 6.45) is 6.60. The van der Waals surface area contributed by atoms with Crippen LogP contribution in [-0.4, -0.2) is 64.5 Å². The Hall–Kier alpha value is -3.43. The lowest BCUT2D eigenvalue weighted by molar-refractivity contribution is -0.139. The van der Waals surface area contributed by atoms with Crippen LogP contribution in [0.25, 0.3) is 5.57 Å². The Morgan fingerprint density at radius 1 is 1.13 bits per heavy atom. The predicted octanol–water partition coefficient (Wildman–Crippen LogP) is 4.91. The number of carbonyl (C=O) groups is 1. The third-order valence-corrected chi connectivity index (χ3v) is 7.29. The number of pyridine rings is 1. The molecular weight excluding hydrogens is 520 g/mol. The van der Waals surface area contributed by atoms with E-state index < -0.39 is 18.2 Å². The first kappa shape index (κ1) is 28.6. The Kier molecular flexibility index (Phi) is 9.59. The number of rotatable bonds is 7. The third-order valence-electron chi connectivity index (χ3n) is 7.03. The Bertz CT molecular complexity index is 1300. The number of halogens is 1. The second-order valence-corrected chi connectivity index (χ2v) is 9.88. The topological polar surface area (TPSA) is 112 Å². The van der Waals surface area contributed by atoms with Gasteiger partial charge in [-0.25, -0.2) is 9.78 Å². The van der Waals surface area contributed by atoms with E-state index in [1.165, 1.54) is 0 Å². The van der Waals surface area contributed by atoms with Crippen molar-refractivity contribution >= 4 is 23.1 Å². The monoisotopic (exact) mass is 552 g/mol. The number of aliphatic hydroxyl groups excluding tert-OH is 1. The molecule has 3 N–H and O–H groups in total. The van der Waals surface area contributed by atoms with Crippen molar-refractivity contribution in [3.05, 3.63) is 88.6 Å². The van der Waals surface area contributed by atoms with E-state index in [1.807, 2.05) is 42.5 Å². The second-order valence-electron chi connectivity index (χ2n) is 9.45. The van der Waals surface area contributed by atoms with Gasteiger partial charge in [0.05, 0.1) is 5.60 Å². The van der Waals surface area contributed by atoms with Gasteiger partial charge in [-0.3, -0.25) is 0 Å². The highest BCUT2D eigenvalue weighted by atomic mass is 35.5. The maximum Gasteiger partial charge on any atom is 0.341 e. The highest BCUT2D eigenvalue weighted by Crippen LogP contribution is 2.41. The number of likely N-dealkylation sites (tertiary alicyclic amines) is 1. The zero-order valence-electron chi connectivity index (χ0n) is 21.8. The Balaban J connectivity index is 0.00000172. The SMILES string of the molecule is CO.O=C(O)COc1cccc2c1CC(=CCCN1CCC(O)(c3ccc(Cl)cc3)CC1)c1cccnc1O2. The Morgan fingerprint density at radius 3 is 2.59 bits per heavy atom. The molecule has 206 valence electrons. The first-order chi connectivity index (χ1) is 18.9. The molecule has 39 heavy (non-hydrogen) atoms. The summed E-state index contributed by atoms with van der Waals surface area (Å²) in [5.41, 5.74) is 2.88. The summed E-state index contributed by atoms with van der Waals surface area (Å²) in [5.74, 6) is 0.603. The lowest BCUT2D eigenvalue weighted by Gasteiger charge is -2.38. The van der Waals surface area contributed by atoms with E-state index in [-0.39, 0.29) is 0 Å². The van der Waals surface area contributed by atoms with E-state index in [1.54, 1.807) is 18.3 Å². The number of piperidine rings is 1. The van der Waals surface area contributed by atoms with Crippen molar-refractivity contribution in [3.8, 4) is 17.4 Å². The number of fused-ring (bicyclic) bond motifs is 2. The molecule has 3 heterocycles. The maximum atomic E-state index is 11.2. The maximum absolute atomic E-state index is 11.2. The van der Waals surface area contributed by atoms with E-state index in [9.17, 15) is 9.90 Å². The molecule has 8 nitrogen and oxygen atoms in total. The zero-order valence-corrected chi connectivity index (χ0v) is 22.6. The number of carboxylic acids is 1. The van der Waals surface area contributed by atoms with Gasteiger partial charge in [-0.1, -0.05) is 35.9 Å². The molecule has 2 aliphatic rings. The van der Waals surface area contributed by atoms with Gasteiger partial charge in [0, 0.05) is 55.5 Å².